The molecule has 1 unspecified atom stereocenters. The van der Waals surface area contributed by atoms with Crippen LogP contribution in [0.2, 0.25) is 0 Å². The molecule has 0 bridgehead atoms. The Morgan fingerprint density at radius 3 is 2.46 bits per heavy atom. The van der Waals surface area contributed by atoms with Crippen molar-refractivity contribution in [3.05, 3.63) is 59.6 Å². The van der Waals surface area contributed by atoms with E-state index in [1.54, 1.807) is 17.1 Å². The van der Waals surface area contributed by atoms with Crippen LogP contribution in [0.25, 0.3) is 0 Å². The van der Waals surface area contributed by atoms with Gasteiger partial charge in [-0.05, 0) is 25.5 Å². The maximum absolute atomic E-state index is 12.7. The number of benzene rings is 1. The van der Waals surface area contributed by atoms with Crippen molar-refractivity contribution in [2.24, 2.45) is 0 Å². The molecule has 0 saturated heterocycles. The highest BCUT2D eigenvalue weighted by Gasteiger charge is 2.29. The van der Waals surface area contributed by atoms with E-state index in [0.29, 0.717) is 13.0 Å². The van der Waals surface area contributed by atoms with E-state index in [2.05, 4.69) is 34.4 Å². The molecule has 1 rings (SSSR count). The molecule has 4 nitrogen and oxygen atoms in total. The van der Waals surface area contributed by atoms with Crippen LogP contribution in [-0.2, 0) is 16.0 Å². The summed E-state index contributed by atoms with van der Waals surface area (Å²) in [7, 11) is 0. The molecule has 0 aliphatic carbocycles. The summed E-state index contributed by atoms with van der Waals surface area (Å²) in [5.41, 5.74) is 0.974. The van der Waals surface area contributed by atoms with Crippen LogP contribution in [0.4, 0.5) is 0 Å². The zero-order valence-corrected chi connectivity index (χ0v) is 15.9. The number of rotatable bonds is 9. The maximum Gasteiger partial charge on any atom is 0.243 e. The van der Waals surface area contributed by atoms with Crippen LogP contribution in [-0.4, -0.2) is 35.3 Å². The van der Waals surface area contributed by atoms with Crippen molar-refractivity contribution in [3.63, 3.8) is 0 Å². The van der Waals surface area contributed by atoms with Gasteiger partial charge in [-0.3, -0.25) is 9.59 Å². The Morgan fingerprint density at radius 2 is 1.92 bits per heavy atom. The van der Waals surface area contributed by atoms with Crippen LogP contribution in [0.15, 0.2) is 54.0 Å². The van der Waals surface area contributed by atoms with Crippen LogP contribution in [0, 0.1) is 0 Å². The molecule has 1 aromatic carbocycles. The summed E-state index contributed by atoms with van der Waals surface area (Å²) >= 11 is 3.51. The molecule has 130 valence electrons. The minimum absolute atomic E-state index is 0.000647. The average Bonchev–Trinajstić information content (AvgIpc) is 2.51. The zero-order chi connectivity index (χ0) is 18.1. The van der Waals surface area contributed by atoms with Crippen molar-refractivity contribution in [3.8, 4) is 0 Å². The fraction of sp³-hybridized carbons (Fsp3) is 0.368. The van der Waals surface area contributed by atoms with Crippen molar-refractivity contribution in [2.75, 3.05) is 6.54 Å². The third kappa shape index (κ3) is 5.96. The second-order valence-electron chi connectivity index (χ2n) is 5.80. The lowest BCUT2D eigenvalue weighted by Gasteiger charge is -2.31. The van der Waals surface area contributed by atoms with Gasteiger partial charge in [0.25, 0.3) is 0 Å². The number of carbonyl (C=O) groups excluding carboxylic acids is 2. The number of nitrogens with one attached hydrogen (secondary N) is 1. The average molecular weight is 393 g/mol. The number of hydrogen-bond donors (Lipinski definition) is 1. The Morgan fingerprint density at radius 1 is 1.25 bits per heavy atom. The first-order valence-corrected chi connectivity index (χ1v) is 8.75. The summed E-state index contributed by atoms with van der Waals surface area (Å²) in [6.07, 6.45) is 3.80. The van der Waals surface area contributed by atoms with Gasteiger partial charge in [0.2, 0.25) is 11.8 Å². The first kappa shape index (κ1) is 20.2. The van der Waals surface area contributed by atoms with Gasteiger partial charge in [-0.1, -0.05) is 46.3 Å². The lowest BCUT2D eigenvalue weighted by Crippen LogP contribution is -2.52. The molecule has 5 heteroatoms. The lowest BCUT2D eigenvalue weighted by molar-refractivity contribution is -0.139. The predicted molar refractivity (Wildman–Crippen MR) is 102 cm³/mol. The van der Waals surface area contributed by atoms with Gasteiger partial charge in [-0.2, -0.15) is 0 Å². The van der Waals surface area contributed by atoms with E-state index < -0.39 is 6.04 Å². The highest BCUT2D eigenvalue weighted by Crippen LogP contribution is 2.20. The Bertz CT molecular complexity index is 599. The Kier molecular flexibility index (Phi) is 8.47. The molecule has 0 spiro atoms. The quantitative estimate of drug-likeness (QED) is 0.654. The minimum atomic E-state index is -0.600. The van der Waals surface area contributed by atoms with Crippen LogP contribution in [0.1, 0.15) is 25.8 Å². The van der Waals surface area contributed by atoms with Gasteiger partial charge in [0, 0.05) is 29.9 Å². The fourth-order valence-corrected chi connectivity index (χ4v) is 2.83. The SMILES string of the molecule is C=CCC(=O)N(CC=C)C(Cc1ccccc1Br)C(=O)NC(C)C. The topological polar surface area (TPSA) is 49.4 Å². The van der Waals surface area contributed by atoms with Crippen molar-refractivity contribution in [2.45, 2.75) is 38.8 Å². The maximum atomic E-state index is 12.7. The highest BCUT2D eigenvalue weighted by molar-refractivity contribution is 9.10. The van der Waals surface area contributed by atoms with Gasteiger partial charge in [0.1, 0.15) is 6.04 Å². The minimum Gasteiger partial charge on any atom is -0.352 e. The van der Waals surface area contributed by atoms with Crippen LogP contribution in [0.5, 0.6) is 0 Å². The third-order valence-corrected chi connectivity index (χ3v) is 4.22. The van der Waals surface area contributed by atoms with Crippen LogP contribution < -0.4 is 5.32 Å². The largest absolute Gasteiger partial charge is 0.352 e. The molecule has 1 aromatic rings. The van der Waals surface area contributed by atoms with E-state index in [9.17, 15) is 9.59 Å². The molecule has 0 aliphatic heterocycles. The van der Waals surface area contributed by atoms with E-state index in [0.717, 1.165) is 10.0 Å². The summed E-state index contributed by atoms with van der Waals surface area (Å²) in [6, 6.07) is 7.11. The van der Waals surface area contributed by atoms with Gasteiger partial charge in [0.05, 0.1) is 0 Å². The summed E-state index contributed by atoms with van der Waals surface area (Å²) in [6.45, 7) is 11.4. The summed E-state index contributed by atoms with van der Waals surface area (Å²) < 4.78 is 0.919. The number of nitrogens with zero attached hydrogens (tertiary/aromatic N) is 1. The lowest BCUT2D eigenvalue weighted by atomic mass is 10.0. The molecule has 1 N–H and O–H groups in total. The van der Waals surface area contributed by atoms with Crippen LogP contribution >= 0.6 is 15.9 Å². The number of hydrogen-bond acceptors (Lipinski definition) is 2. The van der Waals surface area contributed by atoms with Gasteiger partial charge >= 0.3 is 0 Å². The van der Waals surface area contributed by atoms with E-state index in [-0.39, 0.29) is 24.3 Å². The molecule has 0 fully saturated rings. The molecule has 0 aliphatic rings. The Balaban J connectivity index is 3.16. The number of halogens is 1. The first-order chi connectivity index (χ1) is 11.4. The van der Waals surface area contributed by atoms with Gasteiger partial charge in [-0.15, -0.1) is 13.2 Å². The smallest absolute Gasteiger partial charge is 0.243 e. The molecule has 0 saturated carbocycles. The normalized spacial score (nSPS) is 11.7. The van der Waals surface area contributed by atoms with E-state index in [4.69, 9.17) is 0 Å². The van der Waals surface area contributed by atoms with Crippen LogP contribution in [0.3, 0.4) is 0 Å². The monoisotopic (exact) mass is 392 g/mol. The van der Waals surface area contributed by atoms with Crippen molar-refractivity contribution >= 4 is 27.7 Å². The van der Waals surface area contributed by atoms with E-state index in [1.165, 1.54) is 0 Å². The number of carbonyl (C=O) groups is 2. The summed E-state index contributed by atoms with van der Waals surface area (Å²) in [5, 5.41) is 2.91. The van der Waals surface area contributed by atoms with Gasteiger partial charge in [0.15, 0.2) is 0 Å². The molecule has 0 radical (unpaired) electrons. The molecule has 2 amide bonds. The Labute approximate surface area is 152 Å². The first-order valence-electron chi connectivity index (χ1n) is 7.95. The molecule has 0 heterocycles. The van der Waals surface area contributed by atoms with Crippen molar-refractivity contribution < 1.29 is 9.59 Å². The van der Waals surface area contributed by atoms with Crippen molar-refractivity contribution in [1.29, 1.82) is 0 Å². The van der Waals surface area contributed by atoms with Crippen molar-refractivity contribution in [1.82, 2.24) is 10.2 Å². The van der Waals surface area contributed by atoms with Gasteiger partial charge in [-0.25, -0.2) is 0 Å². The molecule has 0 aromatic heterocycles. The summed E-state index contributed by atoms with van der Waals surface area (Å²) in [4.78, 5) is 26.7. The predicted octanol–water partition coefficient (Wildman–Crippen LogP) is 3.48. The Hall–Kier alpha value is -1.88. The fourth-order valence-electron chi connectivity index (χ4n) is 2.38. The van der Waals surface area contributed by atoms with E-state index >= 15 is 0 Å². The number of amides is 2. The highest BCUT2D eigenvalue weighted by atomic mass is 79.9. The second kappa shape index (κ2) is 10.1. The summed E-state index contributed by atoms with van der Waals surface area (Å²) in [5.74, 6) is -0.305. The van der Waals surface area contributed by atoms with Gasteiger partial charge < -0.3 is 10.2 Å². The van der Waals surface area contributed by atoms with E-state index in [1.807, 2.05) is 38.1 Å². The molecular weight excluding hydrogens is 368 g/mol. The molecule has 1 atom stereocenters. The zero-order valence-electron chi connectivity index (χ0n) is 14.3. The third-order valence-electron chi connectivity index (χ3n) is 3.45. The standard InChI is InChI=1S/C19H25BrN2O2/c1-5-9-18(23)22(12-6-2)17(19(24)21-14(3)4)13-15-10-7-8-11-16(15)20/h5-8,10-11,14,17H,1-2,9,12-13H2,3-4H3,(H,21,24). The second-order valence-corrected chi connectivity index (χ2v) is 6.66. The molecular formula is C19H25BrN2O2. The molecule has 24 heavy (non-hydrogen) atoms.